The van der Waals surface area contributed by atoms with Gasteiger partial charge in [-0.3, -0.25) is 29.4 Å². The number of piperidine rings is 2. The van der Waals surface area contributed by atoms with Crippen LogP contribution < -0.4 is 26.0 Å². The van der Waals surface area contributed by atoms with Crippen LogP contribution in [0.25, 0.3) is 0 Å². The molecule has 55 heavy (non-hydrogen) atoms. The van der Waals surface area contributed by atoms with E-state index in [2.05, 4.69) is 55.2 Å². The number of rotatable bonds is 15. The molecule has 6 rings (SSSR count). The van der Waals surface area contributed by atoms with Crippen molar-refractivity contribution >= 4 is 58.4 Å². The minimum atomic E-state index is -1.00. The maximum absolute atomic E-state index is 13.3. The van der Waals surface area contributed by atoms with E-state index in [0.29, 0.717) is 48.2 Å². The quantitative estimate of drug-likeness (QED) is 0.105. The number of amides is 4. The zero-order valence-corrected chi connectivity index (χ0v) is 32.7. The molecule has 4 heterocycles. The number of imide groups is 2. The number of halogens is 1. The number of hydrogen-bond acceptors (Lipinski definition) is 12. The lowest BCUT2D eigenvalue weighted by atomic mass is 9.86. The summed E-state index contributed by atoms with van der Waals surface area (Å²) in [7, 11) is 0. The fraction of sp³-hybridized carbons (Fsp3) is 0.450. The van der Waals surface area contributed by atoms with Crippen molar-refractivity contribution in [2.75, 3.05) is 55.3 Å². The highest BCUT2D eigenvalue weighted by atomic mass is 35.5. The summed E-state index contributed by atoms with van der Waals surface area (Å²) >= 11 is 6.35. The van der Waals surface area contributed by atoms with Crippen LogP contribution in [-0.2, 0) is 14.3 Å². The summed E-state index contributed by atoms with van der Waals surface area (Å²) in [4.78, 5) is 62.8. The lowest BCUT2D eigenvalue weighted by Crippen LogP contribution is -2.54. The third-order valence-electron chi connectivity index (χ3n) is 10.1. The van der Waals surface area contributed by atoms with E-state index in [1.807, 2.05) is 33.8 Å². The van der Waals surface area contributed by atoms with Gasteiger partial charge < -0.3 is 30.3 Å². The number of nitrogens with one attached hydrogen (secondary N) is 4. The van der Waals surface area contributed by atoms with E-state index in [1.54, 1.807) is 24.4 Å². The average Bonchev–Trinajstić information content (AvgIpc) is 3.41. The van der Waals surface area contributed by atoms with Gasteiger partial charge in [0, 0.05) is 30.9 Å². The number of ether oxygens (including phenoxy) is 2. The van der Waals surface area contributed by atoms with Gasteiger partial charge in [-0.1, -0.05) is 23.7 Å². The Labute approximate surface area is 326 Å². The van der Waals surface area contributed by atoms with Gasteiger partial charge in [0.1, 0.15) is 16.8 Å². The lowest BCUT2D eigenvalue weighted by molar-refractivity contribution is -0.136. The van der Waals surface area contributed by atoms with Gasteiger partial charge >= 0.3 is 0 Å². The third-order valence-corrected chi connectivity index (χ3v) is 10.4. The second kappa shape index (κ2) is 17.6. The van der Waals surface area contributed by atoms with Crippen molar-refractivity contribution < 1.29 is 28.7 Å². The Kier molecular flexibility index (Phi) is 12.7. The molecule has 1 aromatic heterocycles. The molecule has 0 aliphatic carbocycles. The lowest BCUT2D eigenvalue weighted by Gasteiger charge is -2.33. The predicted octanol–water partition coefficient (Wildman–Crippen LogP) is 6.01. The number of aromatic nitrogens is 2. The highest BCUT2D eigenvalue weighted by molar-refractivity contribution is 6.32. The highest BCUT2D eigenvalue weighted by Gasteiger charge is 2.45. The largest absolute Gasteiger partial charge is 0.489 e. The predicted molar refractivity (Wildman–Crippen MR) is 211 cm³/mol. The fourth-order valence-corrected chi connectivity index (χ4v) is 7.31. The molecule has 0 saturated carbocycles. The number of fused-ring (bicyclic) bond motifs is 1. The first-order chi connectivity index (χ1) is 26.4. The van der Waals surface area contributed by atoms with E-state index in [1.165, 1.54) is 11.1 Å². The molecule has 1 atom stereocenters. The van der Waals surface area contributed by atoms with Crippen LogP contribution in [0, 0.1) is 6.92 Å². The Bertz CT molecular complexity index is 1980. The van der Waals surface area contributed by atoms with Gasteiger partial charge in [0.05, 0.1) is 42.3 Å². The summed E-state index contributed by atoms with van der Waals surface area (Å²) < 4.78 is 12.2. The molecule has 0 spiro atoms. The molecule has 15 heteroatoms. The van der Waals surface area contributed by atoms with Crippen molar-refractivity contribution in [1.82, 2.24) is 25.1 Å². The van der Waals surface area contributed by atoms with E-state index >= 15 is 0 Å². The van der Waals surface area contributed by atoms with Crippen LogP contribution in [0.1, 0.15) is 91.1 Å². The molecule has 3 aromatic rings. The molecule has 4 N–H and O–H groups in total. The van der Waals surface area contributed by atoms with Crippen molar-refractivity contribution in [1.29, 1.82) is 0 Å². The zero-order chi connectivity index (χ0) is 39.2. The number of anilines is 4. The fourth-order valence-electron chi connectivity index (χ4n) is 7.17. The van der Waals surface area contributed by atoms with Gasteiger partial charge in [0.2, 0.25) is 17.8 Å². The molecule has 0 bridgehead atoms. The maximum atomic E-state index is 13.3. The highest BCUT2D eigenvalue weighted by Crippen LogP contribution is 2.38. The van der Waals surface area contributed by atoms with Gasteiger partial charge in [-0.25, -0.2) is 4.98 Å². The number of carbonyl (C=O) groups excluding carboxylic acids is 4. The van der Waals surface area contributed by atoms with Crippen LogP contribution in [0.2, 0.25) is 5.02 Å². The summed E-state index contributed by atoms with van der Waals surface area (Å²) in [6.45, 7) is 14.1. The van der Waals surface area contributed by atoms with E-state index in [4.69, 9.17) is 21.1 Å². The van der Waals surface area contributed by atoms with E-state index < -0.39 is 29.7 Å². The number of likely N-dealkylation sites (tertiary alicyclic amines) is 1. The molecule has 2 fully saturated rings. The van der Waals surface area contributed by atoms with Crippen LogP contribution in [0.5, 0.6) is 5.75 Å². The Morgan fingerprint density at radius 3 is 2.58 bits per heavy atom. The number of aryl methyl sites for hydroxylation is 1. The molecule has 14 nitrogen and oxygen atoms in total. The van der Waals surface area contributed by atoms with Gasteiger partial charge in [-0.2, -0.15) is 4.98 Å². The van der Waals surface area contributed by atoms with Gasteiger partial charge in [-0.15, -0.1) is 0 Å². The normalized spacial score (nSPS) is 18.1. The minimum Gasteiger partial charge on any atom is -0.489 e. The zero-order valence-electron chi connectivity index (χ0n) is 32.0. The van der Waals surface area contributed by atoms with Crippen molar-refractivity contribution in [3.8, 4) is 5.75 Å². The van der Waals surface area contributed by atoms with E-state index in [-0.39, 0.29) is 30.1 Å². The number of carbonyl (C=O) groups is 4. The van der Waals surface area contributed by atoms with Crippen LogP contribution in [0.3, 0.4) is 0 Å². The first-order valence-corrected chi connectivity index (χ1v) is 19.2. The molecule has 2 aromatic carbocycles. The molecule has 1 unspecified atom stereocenters. The van der Waals surface area contributed by atoms with Crippen molar-refractivity contribution in [2.24, 2.45) is 0 Å². The third kappa shape index (κ3) is 9.26. The van der Waals surface area contributed by atoms with Crippen LogP contribution >= 0.6 is 11.6 Å². The molecule has 0 radical (unpaired) electrons. The topological polar surface area (TPSA) is 167 Å². The Balaban J connectivity index is 0.979. The monoisotopic (exact) mass is 772 g/mol. The van der Waals surface area contributed by atoms with Gasteiger partial charge in [-0.05, 0) is 108 Å². The first-order valence-electron chi connectivity index (χ1n) is 18.8. The molecule has 3 aliphatic rings. The number of benzene rings is 2. The molecule has 3 aliphatic heterocycles. The average molecular weight is 773 g/mol. The summed E-state index contributed by atoms with van der Waals surface area (Å²) in [6.07, 6.45) is 5.70. The second-order valence-corrected chi connectivity index (χ2v) is 14.7. The Morgan fingerprint density at radius 1 is 1.07 bits per heavy atom. The van der Waals surface area contributed by atoms with Crippen molar-refractivity contribution in [3.63, 3.8) is 0 Å². The molecule has 2 saturated heterocycles. The van der Waals surface area contributed by atoms with Crippen molar-refractivity contribution in [2.45, 2.75) is 78.4 Å². The van der Waals surface area contributed by atoms with Crippen LogP contribution in [0.15, 0.2) is 48.3 Å². The smallest absolute Gasteiger partial charge is 0.264 e. The van der Waals surface area contributed by atoms with Crippen LogP contribution in [-0.4, -0.2) is 94.9 Å². The minimum absolute atomic E-state index is 0.0237. The maximum Gasteiger partial charge on any atom is 0.264 e. The van der Waals surface area contributed by atoms with Crippen molar-refractivity contribution in [3.05, 3.63) is 75.6 Å². The molecular formula is C40H49ClN8O6. The summed E-state index contributed by atoms with van der Waals surface area (Å²) in [5.74, 6) is -0.0232. The second-order valence-electron chi connectivity index (χ2n) is 14.3. The number of allylic oxidation sites excluding steroid dienone is 2. The number of hydrogen-bond donors (Lipinski definition) is 4. The van der Waals surface area contributed by atoms with Crippen LogP contribution in [0.4, 0.5) is 23.1 Å². The van der Waals surface area contributed by atoms with E-state index in [0.717, 1.165) is 54.5 Å². The summed E-state index contributed by atoms with van der Waals surface area (Å²) in [5, 5.41) is 12.4. The summed E-state index contributed by atoms with van der Waals surface area (Å²) in [6, 6.07) is 8.28. The Morgan fingerprint density at radius 2 is 1.85 bits per heavy atom. The first kappa shape index (κ1) is 39.6. The molecule has 292 valence electrons. The van der Waals surface area contributed by atoms with E-state index in [9.17, 15) is 19.2 Å². The Hall–Kier alpha value is -5.05. The molecular weight excluding hydrogens is 724 g/mol. The van der Waals surface area contributed by atoms with Gasteiger partial charge in [0.25, 0.3) is 11.8 Å². The molecule has 4 amide bonds. The SMILES string of the molecule is C/C=C(\C)Nc1nc(Nc2cc(C)c(C3CCN(CCOCCNc4cccc5c4C(=O)N(C4CCC(=O)NC4=O)C5=O)CC3)cc2OC(C)C)ncc1Cl. The summed E-state index contributed by atoms with van der Waals surface area (Å²) in [5.41, 5.74) is 5.16. The standard InChI is InChI=1S/C40H49ClN8O6/c1-6-25(5)44-36-29(41)22-43-40(47-36)45-31-20-24(4)28(21-33(31)55-23(2)3)26-12-15-48(16-13-26)17-19-54-18-14-42-30-9-7-8-27-35(30)39(53)49(38(27)52)32-10-11-34(50)46-37(32)51/h6-9,20-23,26,32,42H,10-19H2,1-5H3,(H,46,50,51)(H2,43,44,45,47)/b25-6+. The van der Waals surface area contributed by atoms with Gasteiger partial charge in [0.15, 0.2) is 5.82 Å². The number of nitrogens with zero attached hydrogens (tertiary/aromatic N) is 4.